The van der Waals surface area contributed by atoms with E-state index in [9.17, 15) is 0 Å². The summed E-state index contributed by atoms with van der Waals surface area (Å²) >= 11 is 0. The van der Waals surface area contributed by atoms with Crippen LogP contribution in [-0.4, -0.2) is 15.4 Å². The number of hydrogen-bond acceptors (Lipinski definition) is 2. The highest BCUT2D eigenvalue weighted by atomic mass is 15.3. The Morgan fingerprint density at radius 2 is 1.43 bits per heavy atom. The average Bonchev–Trinajstić information content (AvgIpc) is 2.61. The van der Waals surface area contributed by atoms with Gasteiger partial charge < -0.3 is 0 Å². The van der Waals surface area contributed by atoms with E-state index >= 15 is 0 Å². The van der Waals surface area contributed by atoms with Crippen LogP contribution < -0.4 is 0 Å². The summed E-state index contributed by atoms with van der Waals surface area (Å²) < 4.78 is 0. The zero-order valence-electron chi connectivity index (χ0n) is 9.41. The van der Waals surface area contributed by atoms with E-state index in [1.165, 1.54) is 0 Å². The third-order valence-corrected chi connectivity index (χ3v) is 1.43. The van der Waals surface area contributed by atoms with Crippen molar-refractivity contribution in [2.24, 2.45) is 0 Å². The molecule has 0 amide bonds. The summed E-state index contributed by atoms with van der Waals surface area (Å²) in [5.74, 6) is 0. The standard InChI is InChI=1S/C7H7N3.2C2H6.H2/c1-2-4-6-7(5-3-1)9-10-8-6;2*1-2;/h2-5H,1H2,(H,8,9,10);2*1-2H3;1H. The van der Waals surface area contributed by atoms with Crippen LogP contribution in [0.3, 0.4) is 0 Å². The van der Waals surface area contributed by atoms with Crippen LogP contribution in [-0.2, 0) is 0 Å². The van der Waals surface area contributed by atoms with Gasteiger partial charge in [-0.05, 0) is 18.6 Å². The highest BCUT2D eigenvalue weighted by molar-refractivity contribution is 5.61. The molecule has 0 saturated carbocycles. The molecule has 0 saturated heterocycles. The van der Waals surface area contributed by atoms with E-state index in [1.807, 2.05) is 39.8 Å². The monoisotopic (exact) mass is 195 g/mol. The summed E-state index contributed by atoms with van der Waals surface area (Å²) in [5.41, 5.74) is 1.85. The van der Waals surface area contributed by atoms with Crippen molar-refractivity contribution in [3.8, 4) is 0 Å². The van der Waals surface area contributed by atoms with Crippen LogP contribution in [0, 0.1) is 0 Å². The molecule has 14 heavy (non-hydrogen) atoms. The minimum Gasteiger partial charge on any atom is -0.197 e. The molecule has 3 nitrogen and oxygen atoms in total. The molecule has 1 N–H and O–H groups in total. The predicted molar refractivity (Wildman–Crippen MR) is 63.9 cm³/mol. The summed E-state index contributed by atoms with van der Waals surface area (Å²) in [6, 6.07) is 0. The lowest BCUT2D eigenvalue weighted by Gasteiger charge is -1.79. The van der Waals surface area contributed by atoms with E-state index in [0.717, 1.165) is 17.8 Å². The van der Waals surface area contributed by atoms with Gasteiger partial charge >= 0.3 is 0 Å². The second-order valence-corrected chi connectivity index (χ2v) is 2.13. The minimum absolute atomic E-state index is 0. The molecule has 1 aromatic heterocycles. The third-order valence-electron chi connectivity index (χ3n) is 1.43. The average molecular weight is 195 g/mol. The number of nitrogens with zero attached hydrogens (tertiary/aromatic N) is 2. The lowest BCUT2D eigenvalue weighted by Crippen LogP contribution is -1.73. The number of H-pyrrole nitrogens is 1. The summed E-state index contributed by atoms with van der Waals surface area (Å²) in [4.78, 5) is 0. The Hall–Kier alpha value is -1.38. The molecule has 0 spiro atoms. The quantitative estimate of drug-likeness (QED) is 0.688. The number of rotatable bonds is 0. The Bertz CT molecular complexity index is 263. The Balaban J connectivity index is 0. The highest BCUT2D eigenvalue weighted by Gasteiger charge is 2.00. The van der Waals surface area contributed by atoms with E-state index in [4.69, 9.17) is 0 Å². The predicted octanol–water partition coefficient (Wildman–Crippen LogP) is 3.53. The molecule has 0 aromatic carbocycles. The largest absolute Gasteiger partial charge is 0.197 e. The molecule has 1 heterocycles. The van der Waals surface area contributed by atoms with Crippen LogP contribution in [0.4, 0.5) is 0 Å². The molecule has 0 radical (unpaired) electrons. The van der Waals surface area contributed by atoms with Crippen molar-refractivity contribution in [3.63, 3.8) is 0 Å². The fourth-order valence-corrected chi connectivity index (χ4v) is 0.930. The van der Waals surface area contributed by atoms with Gasteiger partial charge in [-0.1, -0.05) is 39.8 Å². The maximum atomic E-state index is 3.94. The third kappa shape index (κ3) is 3.56. The van der Waals surface area contributed by atoms with E-state index < -0.39 is 0 Å². The first-order chi connectivity index (χ1) is 6.97. The second kappa shape index (κ2) is 8.23. The van der Waals surface area contributed by atoms with Crippen molar-refractivity contribution in [1.82, 2.24) is 15.4 Å². The van der Waals surface area contributed by atoms with Gasteiger partial charge in [0.2, 0.25) is 0 Å². The maximum absolute atomic E-state index is 3.94. The number of nitrogens with one attached hydrogen (secondary N) is 1. The first-order valence-corrected chi connectivity index (χ1v) is 5.20. The van der Waals surface area contributed by atoms with Crippen LogP contribution in [0.5, 0.6) is 0 Å². The smallest absolute Gasteiger partial charge is 0.112 e. The van der Waals surface area contributed by atoms with Crippen molar-refractivity contribution in [2.75, 3.05) is 0 Å². The molecule has 2 rings (SSSR count). The van der Waals surface area contributed by atoms with Gasteiger partial charge in [0.25, 0.3) is 0 Å². The summed E-state index contributed by atoms with van der Waals surface area (Å²) in [7, 11) is 0. The lowest BCUT2D eigenvalue weighted by molar-refractivity contribution is 0.934. The summed E-state index contributed by atoms with van der Waals surface area (Å²) in [6.45, 7) is 8.00. The zero-order chi connectivity index (χ0) is 10.8. The maximum Gasteiger partial charge on any atom is 0.112 e. The minimum atomic E-state index is 0. The molecule has 1 aliphatic rings. The van der Waals surface area contributed by atoms with Gasteiger partial charge in [0, 0.05) is 1.43 Å². The van der Waals surface area contributed by atoms with Gasteiger partial charge in [-0.15, -0.1) is 0 Å². The van der Waals surface area contributed by atoms with Crippen molar-refractivity contribution < 1.29 is 1.43 Å². The summed E-state index contributed by atoms with van der Waals surface area (Å²) in [5, 5.41) is 10.5. The Morgan fingerprint density at radius 3 is 1.86 bits per heavy atom. The lowest BCUT2D eigenvalue weighted by atomic mass is 10.3. The number of fused-ring (bicyclic) bond motifs is 1. The molecule has 0 bridgehead atoms. The molecule has 80 valence electrons. The van der Waals surface area contributed by atoms with Crippen LogP contribution in [0.15, 0.2) is 12.2 Å². The van der Waals surface area contributed by atoms with Gasteiger partial charge in [-0.2, -0.15) is 15.4 Å². The fraction of sp³-hybridized carbons (Fsp3) is 0.455. The van der Waals surface area contributed by atoms with Crippen LogP contribution in [0.2, 0.25) is 0 Å². The number of aromatic nitrogens is 3. The second-order valence-electron chi connectivity index (χ2n) is 2.13. The van der Waals surface area contributed by atoms with E-state index in [1.54, 1.807) is 0 Å². The van der Waals surface area contributed by atoms with E-state index in [2.05, 4.69) is 27.6 Å². The van der Waals surface area contributed by atoms with Gasteiger partial charge in [-0.3, -0.25) is 0 Å². The molecule has 3 heteroatoms. The topological polar surface area (TPSA) is 41.6 Å². The molecule has 0 atom stereocenters. The van der Waals surface area contributed by atoms with Crippen molar-refractivity contribution in [1.29, 1.82) is 0 Å². The molecule has 1 aromatic rings. The Kier molecular flexibility index (Phi) is 7.42. The fourth-order valence-electron chi connectivity index (χ4n) is 0.930. The van der Waals surface area contributed by atoms with Crippen LogP contribution >= 0.6 is 0 Å². The first-order valence-electron chi connectivity index (χ1n) is 5.20. The van der Waals surface area contributed by atoms with Crippen molar-refractivity contribution >= 4 is 12.2 Å². The SMILES string of the molecule is C1=Cc2n[nH]nc2C=CC1.CC.CC.[HH]. The van der Waals surface area contributed by atoms with Crippen molar-refractivity contribution in [2.45, 2.75) is 34.1 Å². The van der Waals surface area contributed by atoms with Crippen molar-refractivity contribution in [3.05, 3.63) is 23.5 Å². The number of aromatic amines is 1. The molecule has 0 fully saturated rings. The zero-order valence-corrected chi connectivity index (χ0v) is 9.41. The van der Waals surface area contributed by atoms with Gasteiger partial charge in [-0.25, -0.2) is 0 Å². The van der Waals surface area contributed by atoms with Crippen LogP contribution in [0.25, 0.3) is 12.2 Å². The van der Waals surface area contributed by atoms with E-state index in [-0.39, 0.29) is 1.43 Å². The van der Waals surface area contributed by atoms with Crippen LogP contribution in [0.1, 0.15) is 46.9 Å². The van der Waals surface area contributed by atoms with E-state index in [0.29, 0.717) is 0 Å². The highest BCUT2D eigenvalue weighted by Crippen LogP contribution is 2.10. The molecular formula is C11H21N3. The normalized spacial score (nSPS) is 11.4. The van der Waals surface area contributed by atoms with Gasteiger partial charge in [0.15, 0.2) is 0 Å². The molecule has 0 unspecified atom stereocenters. The Labute approximate surface area is 87.4 Å². The molecule has 1 aliphatic carbocycles. The first kappa shape index (κ1) is 12.6. The number of hydrogen-bond donors (Lipinski definition) is 1. The molecular weight excluding hydrogens is 174 g/mol. The molecule has 0 aliphatic heterocycles. The van der Waals surface area contributed by atoms with Gasteiger partial charge in [0.1, 0.15) is 11.4 Å². The Morgan fingerprint density at radius 1 is 1.00 bits per heavy atom. The summed E-state index contributed by atoms with van der Waals surface area (Å²) in [6.07, 6.45) is 9.03. The van der Waals surface area contributed by atoms with Gasteiger partial charge in [0.05, 0.1) is 0 Å². The number of allylic oxidation sites excluding steroid dienone is 2.